The summed E-state index contributed by atoms with van der Waals surface area (Å²) < 4.78 is 4.60. The Balaban J connectivity index is 1.83. The van der Waals surface area contributed by atoms with Crippen molar-refractivity contribution >= 4 is 5.91 Å². The summed E-state index contributed by atoms with van der Waals surface area (Å²) in [6.07, 6.45) is 1.81. The topological polar surface area (TPSA) is 94.0 Å². The fraction of sp³-hybridized carbons (Fsp3) is 0.250. The van der Waals surface area contributed by atoms with Gasteiger partial charge in [0.15, 0.2) is 5.82 Å². The molecule has 6 heteroatoms. The van der Waals surface area contributed by atoms with Gasteiger partial charge < -0.3 is 15.6 Å². The predicted octanol–water partition coefficient (Wildman–Crippen LogP) is 0.501. The maximum Gasteiger partial charge on any atom is 0.251 e. The Morgan fingerprint density at radius 3 is 2.72 bits per heavy atom. The van der Waals surface area contributed by atoms with Crippen molar-refractivity contribution in [2.75, 3.05) is 6.54 Å². The molecule has 0 radical (unpaired) electrons. The summed E-state index contributed by atoms with van der Waals surface area (Å²) in [6.45, 7) is 0.941. The van der Waals surface area contributed by atoms with Crippen LogP contribution in [-0.4, -0.2) is 22.6 Å². The van der Waals surface area contributed by atoms with Crippen LogP contribution >= 0.6 is 0 Å². The van der Waals surface area contributed by atoms with Gasteiger partial charge >= 0.3 is 0 Å². The largest absolute Gasteiger partial charge is 0.352 e. The van der Waals surface area contributed by atoms with E-state index in [1.54, 1.807) is 12.1 Å². The first-order chi connectivity index (χ1) is 8.79. The molecule has 3 N–H and O–H groups in total. The number of nitrogens with one attached hydrogen (secondary N) is 1. The maximum absolute atomic E-state index is 11.8. The van der Waals surface area contributed by atoms with Gasteiger partial charge in [0.05, 0.1) is 0 Å². The van der Waals surface area contributed by atoms with Crippen molar-refractivity contribution in [3.05, 3.63) is 47.6 Å². The van der Waals surface area contributed by atoms with E-state index in [0.717, 1.165) is 5.56 Å². The maximum atomic E-state index is 11.8. The predicted molar refractivity (Wildman–Crippen MR) is 64.7 cm³/mol. The molecule has 0 atom stereocenters. The van der Waals surface area contributed by atoms with Crippen LogP contribution in [0.1, 0.15) is 21.7 Å². The lowest BCUT2D eigenvalue weighted by atomic mass is 10.1. The van der Waals surface area contributed by atoms with E-state index in [-0.39, 0.29) is 5.91 Å². The van der Waals surface area contributed by atoms with Gasteiger partial charge in [0.1, 0.15) is 0 Å². The van der Waals surface area contributed by atoms with Crippen molar-refractivity contribution in [2.45, 2.75) is 13.0 Å². The highest BCUT2D eigenvalue weighted by molar-refractivity contribution is 5.94. The van der Waals surface area contributed by atoms with Crippen LogP contribution in [0.3, 0.4) is 0 Å². The van der Waals surface area contributed by atoms with Crippen molar-refractivity contribution in [2.24, 2.45) is 5.73 Å². The first kappa shape index (κ1) is 12.3. The molecule has 6 nitrogen and oxygen atoms in total. The van der Waals surface area contributed by atoms with Crippen LogP contribution in [-0.2, 0) is 13.0 Å². The number of aromatic nitrogens is 2. The highest BCUT2D eigenvalue weighted by atomic mass is 16.5. The molecule has 0 bridgehead atoms. The monoisotopic (exact) mass is 246 g/mol. The molecule has 2 rings (SSSR count). The van der Waals surface area contributed by atoms with E-state index in [0.29, 0.717) is 30.9 Å². The molecule has 0 aliphatic carbocycles. The highest BCUT2D eigenvalue weighted by Crippen LogP contribution is 2.03. The van der Waals surface area contributed by atoms with Crippen molar-refractivity contribution in [3.63, 3.8) is 0 Å². The van der Waals surface area contributed by atoms with E-state index < -0.39 is 0 Å². The Morgan fingerprint density at radius 2 is 2.11 bits per heavy atom. The van der Waals surface area contributed by atoms with Crippen molar-refractivity contribution < 1.29 is 9.32 Å². The third kappa shape index (κ3) is 3.14. The Labute approximate surface area is 104 Å². The average molecular weight is 246 g/mol. The molecular formula is C12H14N4O2. The second-order valence-corrected chi connectivity index (χ2v) is 3.75. The third-order valence-electron chi connectivity index (χ3n) is 2.49. The zero-order chi connectivity index (χ0) is 12.8. The quantitative estimate of drug-likeness (QED) is 0.801. The molecule has 0 fully saturated rings. The first-order valence-corrected chi connectivity index (χ1v) is 5.62. The zero-order valence-electron chi connectivity index (χ0n) is 9.80. The van der Waals surface area contributed by atoms with Gasteiger partial charge in [0.25, 0.3) is 5.91 Å². The molecule has 0 spiro atoms. The zero-order valence-corrected chi connectivity index (χ0v) is 9.80. The highest BCUT2D eigenvalue weighted by Gasteiger charge is 2.05. The lowest BCUT2D eigenvalue weighted by molar-refractivity contribution is 0.0954. The van der Waals surface area contributed by atoms with Gasteiger partial charge in [-0.2, -0.15) is 4.98 Å². The van der Waals surface area contributed by atoms with Crippen LogP contribution < -0.4 is 11.1 Å². The minimum atomic E-state index is -0.123. The lowest BCUT2D eigenvalue weighted by Gasteiger charge is -2.04. The smallest absolute Gasteiger partial charge is 0.251 e. The fourth-order valence-corrected chi connectivity index (χ4v) is 1.48. The van der Waals surface area contributed by atoms with E-state index in [1.165, 1.54) is 6.39 Å². The molecule has 0 aliphatic heterocycles. The average Bonchev–Trinajstić information content (AvgIpc) is 2.92. The third-order valence-corrected chi connectivity index (χ3v) is 2.49. The van der Waals surface area contributed by atoms with E-state index in [4.69, 9.17) is 5.73 Å². The van der Waals surface area contributed by atoms with Crippen LogP contribution in [0.2, 0.25) is 0 Å². The molecule has 1 amide bonds. The molecule has 0 aliphatic rings. The fourth-order valence-electron chi connectivity index (χ4n) is 1.48. The summed E-state index contributed by atoms with van der Waals surface area (Å²) in [5.74, 6) is 0.454. The number of rotatable bonds is 5. The van der Waals surface area contributed by atoms with E-state index in [1.807, 2.05) is 12.1 Å². The normalized spacial score (nSPS) is 10.3. The van der Waals surface area contributed by atoms with E-state index in [2.05, 4.69) is 20.0 Å². The molecule has 0 saturated heterocycles. The first-order valence-electron chi connectivity index (χ1n) is 5.62. The number of benzene rings is 1. The number of nitrogens with two attached hydrogens (primary N) is 1. The molecule has 1 aromatic heterocycles. The number of hydrogen-bond acceptors (Lipinski definition) is 5. The number of carbonyl (C=O) groups excluding carboxylic acids is 1. The van der Waals surface area contributed by atoms with Gasteiger partial charge in [-0.15, -0.1) is 0 Å². The molecule has 0 saturated carbocycles. The Hall–Kier alpha value is -2.21. The van der Waals surface area contributed by atoms with Gasteiger partial charge in [-0.25, -0.2) is 0 Å². The summed E-state index contributed by atoms with van der Waals surface area (Å²) in [4.78, 5) is 15.6. The Kier molecular flexibility index (Phi) is 4.03. The second kappa shape index (κ2) is 5.92. The molecule has 1 aromatic carbocycles. The minimum Gasteiger partial charge on any atom is -0.352 e. The van der Waals surface area contributed by atoms with Gasteiger partial charge in [0, 0.05) is 25.1 Å². The standard InChI is InChI=1S/C12H14N4O2/c13-7-9-1-3-10(4-2-9)12(17)14-6-5-11-15-8-18-16-11/h1-4,8H,5-7,13H2,(H,14,17). The van der Waals surface area contributed by atoms with Crippen LogP contribution in [0.25, 0.3) is 0 Å². The lowest BCUT2D eigenvalue weighted by Crippen LogP contribution is -2.25. The van der Waals surface area contributed by atoms with E-state index >= 15 is 0 Å². The van der Waals surface area contributed by atoms with Gasteiger partial charge in [-0.05, 0) is 17.7 Å². The van der Waals surface area contributed by atoms with Crippen molar-refractivity contribution in [1.29, 1.82) is 0 Å². The van der Waals surface area contributed by atoms with Gasteiger partial charge in [0.2, 0.25) is 6.39 Å². The van der Waals surface area contributed by atoms with Crippen LogP contribution in [0.15, 0.2) is 35.2 Å². The van der Waals surface area contributed by atoms with Crippen molar-refractivity contribution in [1.82, 2.24) is 15.5 Å². The Morgan fingerprint density at radius 1 is 1.33 bits per heavy atom. The Bertz CT molecular complexity index is 493. The van der Waals surface area contributed by atoms with E-state index in [9.17, 15) is 4.79 Å². The minimum absolute atomic E-state index is 0.123. The van der Waals surface area contributed by atoms with Crippen LogP contribution in [0, 0.1) is 0 Å². The van der Waals surface area contributed by atoms with Crippen molar-refractivity contribution in [3.8, 4) is 0 Å². The summed E-state index contributed by atoms with van der Waals surface area (Å²) in [6, 6.07) is 7.19. The molecule has 1 heterocycles. The summed E-state index contributed by atoms with van der Waals surface area (Å²) in [5.41, 5.74) is 7.10. The molecule has 0 unspecified atom stereocenters. The summed E-state index contributed by atoms with van der Waals surface area (Å²) in [7, 11) is 0. The van der Waals surface area contributed by atoms with Gasteiger partial charge in [-0.1, -0.05) is 17.3 Å². The number of nitrogens with zero attached hydrogens (tertiary/aromatic N) is 2. The summed E-state index contributed by atoms with van der Waals surface area (Å²) in [5, 5.41) is 6.44. The molecule has 2 aromatic rings. The SMILES string of the molecule is NCc1ccc(C(=O)NCCc2ncon2)cc1. The number of hydrogen-bond donors (Lipinski definition) is 2. The summed E-state index contributed by atoms with van der Waals surface area (Å²) >= 11 is 0. The number of carbonyl (C=O) groups is 1. The van der Waals surface area contributed by atoms with Crippen LogP contribution in [0.4, 0.5) is 0 Å². The molecule has 18 heavy (non-hydrogen) atoms. The molecular weight excluding hydrogens is 232 g/mol. The molecule has 94 valence electrons. The van der Waals surface area contributed by atoms with Crippen LogP contribution in [0.5, 0.6) is 0 Å². The number of amides is 1. The second-order valence-electron chi connectivity index (χ2n) is 3.75. The van der Waals surface area contributed by atoms with Gasteiger partial charge in [-0.3, -0.25) is 4.79 Å².